The van der Waals surface area contributed by atoms with Gasteiger partial charge < -0.3 is 5.32 Å². The molecule has 1 aliphatic rings. The molecule has 0 aliphatic carbocycles. The number of rotatable bonds is 0. The lowest BCUT2D eigenvalue weighted by Gasteiger charge is -2.07. The normalized spacial score (nSPS) is 18.5. The number of amidine groups is 2. The summed E-state index contributed by atoms with van der Waals surface area (Å²) in [5.74, 6) is 0.707. The zero-order chi connectivity index (χ0) is 5.98. The molecule has 0 bridgehead atoms. The molecule has 8 heavy (non-hydrogen) atoms. The summed E-state index contributed by atoms with van der Waals surface area (Å²) in [6, 6.07) is 0. The summed E-state index contributed by atoms with van der Waals surface area (Å²) in [5.41, 5.74) is 0. The van der Waals surface area contributed by atoms with E-state index in [0.29, 0.717) is 18.1 Å². The average molecular weight is 109 g/mol. The van der Waals surface area contributed by atoms with Crippen molar-refractivity contribution in [3.63, 3.8) is 0 Å². The van der Waals surface area contributed by atoms with Crippen LogP contribution >= 0.6 is 0 Å². The van der Waals surface area contributed by atoms with Gasteiger partial charge in [0, 0.05) is 6.42 Å². The number of hydrogen-bond donors (Lipinski definition) is 3. The molecule has 1 aliphatic heterocycles. The zero-order valence-electron chi connectivity index (χ0n) is 4.36. The molecule has 0 aromatic carbocycles. The van der Waals surface area contributed by atoms with Gasteiger partial charge in [-0.15, -0.1) is 0 Å². The van der Waals surface area contributed by atoms with Gasteiger partial charge in [0.15, 0.2) is 0 Å². The largest absolute Gasteiger partial charge is 0.329 e. The molecule has 1 heterocycles. The Morgan fingerprint density at radius 3 is 2.62 bits per heavy atom. The second-order valence-electron chi connectivity index (χ2n) is 1.62. The standard InChI is InChI=1S/C5H7N3/c6-4-2-1-3-5(7)8-4/h1-2H,3H2,(H3,6,7,8). The molecule has 0 aromatic heterocycles. The Bertz CT molecular complexity index is 157. The van der Waals surface area contributed by atoms with E-state index in [0.717, 1.165) is 0 Å². The fraction of sp³-hybridized carbons (Fsp3) is 0.200. The highest BCUT2D eigenvalue weighted by Crippen LogP contribution is 1.90. The summed E-state index contributed by atoms with van der Waals surface area (Å²) in [6.07, 6.45) is 4.07. The van der Waals surface area contributed by atoms with E-state index in [-0.39, 0.29) is 0 Å². The van der Waals surface area contributed by atoms with Crippen molar-refractivity contribution in [3.8, 4) is 0 Å². The van der Waals surface area contributed by atoms with Crippen molar-refractivity contribution in [3.05, 3.63) is 12.2 Å². The highest BCUT2D eigenvalue weighted by Gasteiger charge is 1.99. The van der Waals surface area contributed by atoms with Crippen LogP contribution in [0.1, 0.15) is 6.42 Å². The predicted octanol–water partition coefficient (Wildman–Crippen LogP) is 0.490. The number of nitrogens with one attached hydrogen (secondary N) is 3. The maximum Gasteiger partial charge on any atom is 0.123 e. The van der Waals surface area contributed by atoms with E-state index in [9.17, 15) is 0 Å². The molecule has 0 fully saturated rings. The molecule has 3 N–H and O–H groups in total. The third-order valence-electron chi connectivity index (χ3n) is 0.892. The summed E-state index contributed by atoms with van der Waals surface area (Å²) >= 11 is 0. The Kier molecular flexibility index (Phi) is 1.12. The van der Waals surface area contributed by atoms with Gasteiger partial charge >= 0.3 is 0 Å². The lowest BCUT2D eigenvalue weighted by molar-refractivity contribution is 1.16. The van der Waals surface area contributed by atoms with E-state index in [4.69, 9.17) is 10.8 Å². The zero-order valence-corrected chi connectivity index (χ0v) is 4.36. The van der Waals surface area contributed by atoms with Gasteiger partial charge in [-0.3, -0.25) is 10.8 Å². The molecule has 0 saturated heterocycles. The average Bonchev–Trinajstić information content (AvgIpc) is 1.64. The van der Waals surface area contributed by atoms with E-state index < -0.39 is 0 Å². The lowest BCUT2D eigenvalue weighted by Crippen LogP contribution is -2.29. The molecule has 0 radical (unpaired) electrons. The third-order valence-corrected chi connectivity index (χ3v) is 0.892. The second-order valence-corrected chi connectivity index (χ2v) is 1.62. The van der Waals surface area contributed by atoms with Crippen molar-refractivity contribution in [2.75, 3.05) is 0 Å². The van der Waals surface area contributed by atoms with Crippen LogP contribution < -0.4 is 5.32 Å². The SMILES string of the molecule is N=C1C=CCC(=N)N1. The summed E-state index contributed by atoms with van der Waals surface area (Å²) in [7, 11) is 0. The molecule has 3 nitrogen and oxygen atoms in total. The Balaban J connectivity index is 2.68. The minimum Gasteiger partial charge on any atom is -0.329 e. The predicted molar refractivity (Wildman–Crippen MR) is 32.3 cm³/mol. The van der Waals surface area contributed by atoms with Crippen molar-refractivity contribution in [2.24, 2.45) is 0 Å². The summed E-state index contributed by atoms with van der Waals surface area (Å²) in [4.78, 5) is 0. The van der Waals surface area contributed by atoms with Crippen LogP contribution in [0.4, 0.5) is 0 Å². The maximum absolute atomic E-state index is 7.02. The van der Waals surface area contributed by atoms with Crippen molar-refractivity contribution in [1.82, 2.24) is 5.32 Å². The topological polar surface area (TPSA) is 59.7 Å². The van der Waals surface area contributed by atoms with Gasteiger partial charge in [0.25, 0.3) is 0 Å². The molecule has 0 amide bonds. The van der Waals surface area contributed by atoms with Crippen LogP contribution in [-0.2, 0) is 0 Å². The van der Waals surface area contributed by atoms with Gasteiger partial charge in [-0.1, -0.05) is 6.08 Å². The Hall–Kier alpha value is -1.12. The summed E-state index contributed by atoms with van der Waals surface area (Å²) in [5, 5.41) is 16.6. The minimum atomic E-state index is 0.307. The van der Waals surface area contributed by atoms with Crippen LogP contribution in [0.25, 0.3) is 0 Å². The van der Waals surface area contributed by atoms with Gasteiger partial charge in [-0.05, 0) is 6.08 Å². The van der Waals surface area contributed by atoms with Crippen molar-refractivity contribution in [1.29, 1.82) is 10.8 Å². The first-order valence-electron chi connectivity index (χ1n) is 2.38. The highest BCUT2D eigenvalue weighted by atomic mass is 15.0. The first kappa shape index (κ1) is 5.03. The Labute approximate surface area is 47.4 Å². The van der Waals surface area contributed by atoms with Crippen LogP contribution in [0.15, 0.2) is 12.2 Å². The van der Waals surface area contributed by atoms with E-state index in [1.807, 2.05) is 0 Å². The summed E-state index contributed by atoms with van der Waals surface area (Å²) in [6.45, 7) is 0. The monoisotopic (exact) mass is 109 g/mol. The van der Waals surface area contributed by atoms with E-state index >= 15 is 0 Å². The van der Waals surface area contributed by atoms with Crippen molar-refractivity contribution in [2.45, 2.75) is 6.42 Å². The molecule has 1 rings (SSSR count). The molecule has 0 atom stereocenters. The molecule has 0 aromatic rings. The lowest BCUT2D eigenvalue weighted by atomic mass is 10.3. The van der Waals surface area contributed by atoms with Crippen molar-refractivity contribution >= 4 is 11.7 Å². The number of hydrogen-bond acceptors (Lipinski definition) is 2. The van der Waals surface area contributed by atoms with Crippen LogP contribution in [0.2, 0.25) is 0 Å². The van der Waals surface area contributed by atoms with Crippen LogP contribution in [0, 0.1) is 10.8 Å². The second kappa shape index (κ2) is 1.78. The van der Waals surface area contributed by atoms with Gasteiger partial charge in [0.05, 0.1) is 0 Å². The highest BCUT2D eigenvalue weighted by molar-refractivity contribution is 6.06. The van der Waals surface area contributed by atoms with Crippen LogP contribution in [-0.4, -0.2) is 11.7 Å². The Morgan fingerprint density at radius 1 is 1.50 bits per heavy atom. The minimum absolute atomic E-state index is 0.307. The third kappa shape index (κ3) is 0.932. The molecule has 0 saturated carbocycles. The van der Waals surface area contributed by atoms with Gasteiger partial charge in [0.1, 0.15) is 11.7 Å². The quantitative estimate of drug-likeness (QED) is 0.416. The first-order valence-corrected chi connectivity index (χ1v) is 2.38. The molecule has 42 valence electrons. The van der Waals surface area contributed by atoms with Crippen molar-refractivity contribution < 1.29 is 0 Å². The molecular formula is C5H7N3. The van der Waals surface area contributed by atoms with E-state index in [1.165, 1.54) is 0 Å². The molecular weight excluding hydrogens is 102 g/mol. The van der Waals surface area contributed by atoms with Crippen LogP contribution in [0.3, 0.4) is 0 Å². The smallest absolute Gasteiger partial charge is 0.123 e. The fourth-order valence-corrected chi connectivity index (χ4v) is 0.550. The molecule has 0 spiro atoms. The molecule has 0 unspecified atom stereocenters. The first-order chi connectivity index (χ1) is 3.79. The van der Waals surface area contributed by atoms with E-state index in [2.05, 4.69) is 5.32 Å². The van der Waals surface area contributed by atoms with E-state index in [1.54, 1.807) is 12.2 Å². The van der Waals surface area contributed by atoms with Gasteiger partial charge in [0.2, 0.25) is 0 Å². The maximum atomic E-state index is 7.02. The van der Waals surface area contributed by atoms with Crippen LogP contribution in [0.5, 0.6) is 0 Å². The van der Waals surface area contributed by atoms with Gasteiger partial charge in [-0.25, -0.2) is 0 Å². The Morgan fingerprint density at radius 2 is 2.25 bits per heavy atom. The van der Waals surface area contributed by atoms with Gasteiger partial charge in [-0.2, -0.15) is 0 Å². The molecule has 3 heteroatoms. The summed E-state index contributed by atoms with van der Waals surface area (Å²) < 4.78 is 0. The fourth-order valence-electron chi connectivity index (χ4n) is 0.550.